The lowest BCUT2D eigenvalue weighted by Gasteiger charge is -2.12. The fraction of sp³-hybridized carbons (Fsp3) is 0.667. The average Bonchev–Trinajstić information content (AvgIpc) is 2.44. The van der Waals surface area contributed by atoms with Crippen molar-refractivity contribution in [2.75, 3.05) is 0 Å². The minimum atomic E-state index is 1.03. The summed E-state index contributed by atoms with van der Waals surface area (Å²) in [4.78, 5) is 0. The second-order valence-electron chi connectivity index (χ2n) is 3.24. The minimum absolute atomic E-state index is 1.03. The van der Waals surface area contributed by atoms with Crippen molar-refractivity contribution in [3.8, 4) is 0 Å². The maximum absolute atomic E-state index is 4.54. The van der Waals surface area contributed by atoms with E-state index in [9.17, 15) is 0 Å². The fourth-order valence-corrected chi connectivity index (χ4v) is 2.50. The zero-order valence-electron chi connectivity index (χ0n) is 7.31. The van der Waals surface area contributed by atoms with Gasteiger partial charge in [0.2, 0.25) is 0 Å². The van der Waals surface area contributed by atoms with Crippen LogP contribution in [0.1, 0.15) is 31.2 Å². The lowest BCUT2D eigenvalue weighted by molar-refractivity contribution is 0.483. The number of hydrogen-bond acceptors (Lipinski definition) is 1. The molecule has 1 aliphatic rings. The molecule has 0 fully saturated rings. The molecule has 0 spiro atoms. The quantitative estimate of drug-likeness (QED) is 0.723. The van der Waals surface area contributed by atoms with E-state index in [1.807, 2.05) is 0 Å². The van der Waals surface area contributed by atoms with E-state index >= 15 is 0 Å². The van der Waals surface area contributed by atoms with Crippen molar-refractivity contribution in [3.05, 3.63) is 15.9 Å². The average molecular weight is 229 g/mol. The zero-order valence-corrected chi connectivity index (χ0v) is 8.89. The van der Waals surface area contributed by atoms with E-state index in [-0.39, 0.29) is 0 Å². The van der Waals surface area contributed by atoms with Crippen LogP contribution < -0.4 is 0 Å². The van der Waals surface area contributed by atoms with Crippen LogP contribution in [-0.4, -0.2) is 9.78 Å². The van der Waals surface area contributed by atoms with Crippen molar-refractivity contribution in [3.63, 3.8) is 0 Å². The van der Waals surface area contributed by atoms with Crippen molar-refractivity contribution >= 4 is 15.9 Å². The molecule has 1 aromatic rings. The van der Waals surface area contributed by atoms with Gasteiger partial charge in [0.15, 0.2) is 0 Å². The zero-order chi connectivity index (χ0) is 8.55. The van der Waals surface area contributed by atoms with Gasteiger partial charge in [0.25, 0.3) is 0 Å². The monoisotopic (exact) mass is 228 g/mol. The number of nitrogens with zero attached hydrogens (tertiary/aromatic N) is 2. The predicted molar refractivity (Wildman–Crippen MR) is 52.2 cm³/mol. The van der Waals surface area contributed by atoms with Crippen LogP contribution >= 0.6 is 15.9 Å². The fourth-order valence-electron chi connectivity index (χ4n) is 1.73. The molecule has 1 aliphatic heterocycles. The third-order valence-corrected chi connectivity index (χ3v) is 3.34. The van der Waals surface area contributed by atoms with E-state index in [0.29, 0.717) is 0 Å². The van der Waals surface area contributed by atoms with Crippen LogP contribution in [-0.2, 0) is 19.4 Å². The van der Waals surface area contributed by atoms with Gasteiger partial charge >= 0.3 is 0 Å². The first-order valence-electron chi connectivity index (χ1n) is 4.57. The first kappa shape index (κ1) is 8.30. The number of rotatable bonds is 1. The van der Waals surface area contributed by atoms with Gasteiger partial charge in [-0.1, -0.05) is 6.92 Å². The van der Waals surface area contributed by atoms with Crippen molar-refractivity contribution in [1.82, 2.24) is 9.78 Å². The summed E-state index contributed by atoms with van der Waals surface area (Å²) in [6.45, 7) is 3.26. The van der Waals surface area contributed by atoms with E-state index in [2.05, 4.69) is 32.6 Å². The van der Waals surface area contributed by atoms with Crippen molar-refractivity contribution in [2.45, 2.75) is 39.2 Å². The van der Waals surface area contributed by atoms with Gasteiger partial charge in [0.05, 0.1) is 15.9 Å². The Hall–Kier alpha value is -0.310. The van der Waals surface area contributed by atoms with Crippen LogP contribution in [0.25, 0.3) is 0 Å². The third kappa shape index (κ3) is 1.20. The molecule has 0 saturated carbocycles. The Morgan fingerprint density at radius 2 is 2.33 bits per heavy atom. The lowest BCUT2D eigenvalue weighted by atomic mass is 10.1. The Morgan fingerprint density at radius 1 is 1.50 bits per heavy atom. The molecular weight excluding hydrogens is 216 g/mol. The molecule has 0 unspecified atom stereocenters. The normalized spacial score (nSPS) is 16.2. The van der Waals surface area contributed by atoms with Crippen LogP contribution in [0.5, 0.6) is 0 Å². The maximum Gasteiger partial charge on any atom is 0.0766 e. The van der Waals surface area contributed by atoms with Gasteiger partial charge in [-0.3, -0.25) is 4.68 Å². The molecule has 1 aromatic heterocycles. The van der Waals surface area contributed by atoms with E-state index in [4.69, 9.17) is 0 Å². The van der Waals surface area contributed by atoms with Crippen LogP contribution in [0.15, 0.2) is 4.47 Å². The highest BCUT2D eigenvalue weighted by molar-refractivity contribution is 9.10. The van der Waals surface area contributed by atoms with Gasteiger partial charge in [-0.2, -0.15) is 5.10 Å². The number of aromatic nitrogens is 2. The predicted octanol–water partition coefficient (Wildman–Crippen LogP) is 2.54. The summed E-state index contributed by atoms with van der Waals surface area (Å²) < 4.78 is 3.41. The molecule has 0 atom stereocenters. The Labute approximate surface area is 81.1 Å². The van der Waals surface area contributed by atoms with Gasteiger partial charge in [-0.25, -0.2) is 0 Å². The second kappa shape index (κ2) is 3.21. The lowest BCUT2D eigenvalue weighted by Crippen LogP contribution is -2.11. The van der Waals surface area contributed by atoms with E-state index in [1.165, 1.54) is 35.1 Å². The van der Waals surface area contributed by atoms with Gasteiger partial charge in [-0.15, -0.1) is 0 Å². The van der Waals surface area contributed by atoms with E-state index in [0.717, 1.165) is 13.0 Å². The molecule has 12 heavy (non-hydrogen) atoms. The first-order valence-corrected chi connectivity index (χ1v) is 5.36. The highest BCUT2D eigenvalue weighted by Crippen LogP contribution is 2.26. The summed E-state index contributed by atoms with van der Waals surface area (Å²) in [5, 5.41) is 4.54. The summed E-state index contributed by atoms with van der Waals surface area (Å²) in [5.41, 5.74) is 2.62. The Balaban J connectivity index is 2.44. The molecule has 0 bridgehead atoms. The summed E-state index contributed by atoms with van der Waals surface area (Å²) in [6.07, 6.45) is 4.81. The van der Waals surface area contributed by atoms with Crippen LogP contribution in [0.4, 0.5) is 0 Å². The smallest absolute Gasteiger partial charge is 0.0766 e. The maximum atomic E-state index is 4.54. The Kier molecular flexibility index (Phi) is 2.22. The highest BCUT2D eigenvalue weighted by atomic mass is 79.9. The minimum Gasteiger partial charge on any atom is -0.268 e. The molecule has 2 heterocycles. The molecule has 0 amide bonds. The van der Waals surface area contributed by atoms with Gasteiger partial charge in [-0.05, 0) is 41.6 Å². The molecule has 0 aromatic carbocycles. The Morgan fingerprint density at radius 3 is 3.00 bits per heavy atom. The first-order chi connectivity index (χ1) is 5.83. The van der Waals surface area contributed by atoms with Gasteiger partial charge in [0, 0.05) is 6.54 Å². The SMILES string of the molecule is CCc1nn2c(c1Br)CCCC2. The topological polar surface area (TPSA) is 17.8 Å². The largest absolute Gasteiger partial charge is 0.268 e. The molecule has 0 saturated heterocycles. The van der Waals surface area contributed by atoms with Gasteiger partial charge < -0.3 is 0 Å². The van der Waals surface area contributed by atoms with Crippen LogP contribution in [0, 0.1) is 0 Å². The number of halogens is 1. The van der Waals surface area contributed by atoms with Crippen molar-refractivity contribution < 1.29 is 0 Å². The van der Waals surface area contributed by atoms with E-state index in [1.54, 1.807) is 0 Å². The molecule has 3 heteroatoms. The highest BCUT2D eigenvalue weighted by Gasteiger charge is 2.16. The number of hydrogen-bond donors (Lipinski definition) is 0. The molecular formula is C9H13BrN2. The summed E-state index contributed by atoms with van der Waals surface area (Å²) in [6, 6.07) is 0. The molecule has 0 N–H and O–H groups in total. The van der Waals surface area contributed by atoms with Gasteiger partial charge in [0.1, 0.15) is 0 Å². The van der Waals surface area contributed by atoms with Crippen molar-refractivity contribution in [2.24, 2.45) is 0 Å². The van der Waals surface area contributed by atoms with Crippen LogP contribution in [0.2, 0.25) is 0 Å². The summed E-state index contributed by atoms with van der Waals surface area (Å²) in [7, 11) is 0. The van der Waals surface area contributed by atoms with Crippen LogP contribution in [0.3, 0.4) is 0 Å². The van der Waals surface area contributed by atoms with E-state index < -0.39 is 0 Å². The Bertz CT molecular complexity index is 291. The standard InChI is InChI=1S/C9H13BrN2/c1-2-7-9(10)8-5-3-4-6-12(8)11-7/h2-6H2,1H3. The third-order valence-electron chi connectivity index (χ3n) is 2.43. The molecule has 0 radical (unpaired) electrons. The second-order valence-corrected chi connectivity index (χ2v) is 4.03. The molecule has 0 aliphatic carbocycles. The number of fused-ring (bicyclic) bond motifs is 1. The number of aryl methyl sites for hydroxylation is 2. The molecule has 2 nitrogen and oxygen atoms in total. The summed E-state index contributed by atoms with van der Waals surface area (Å²) in [5.74, 6) is 0. The summed E-state index contributed by atoms with van der Waals surface area (Å²) >= 11 is 3.61. The molecule has 2 rings (SSSR count). The molecule has 66 valence electrons. The van der Waals surface area contributed by atoms with Crippen molar-refractivity contribution in [1.29, 1.82) is 0 Å².